The van der Waals surface area contributed by atoms with Gasteiger partial charge in [0.05, 0.1) is 19.2 Å². The number of aliphatic hydroxyl groups is 1. The highest BCUT2D eigenvalue weighted by atomic mass is 16.6. The Morgan fingerprint density at radius 3 is 2.38 bits per heavy atom. The van der Waals surface area contributed by atoms with Crippen LogP contribution < -0.4 is 15.8 Å². The van der Waals surface area contributed by atoms with Crippen molar-refractivity contribution in [3.05, 3.63) is 42.5 Å². The molecule has 1 aromatic rings. The summed E-state index contributed by atoms with van der Waals surface area (Å²) in [5.74, 6) is 1.03. The molecule has 4 N–H and O–H groups in total. The second-order valence-electron chi connectivity index (χ2n) is 6.14. The first-order valence-corrected chi connectivity index (χ1v) is 8.00. The second kappa shape index (κ2) is 11.0. The topological polar surface area (TPSA) is 103 Å². The molecule has 0 heterocycles. The molecule has 0 bridgehead atoms. The Morgan fingerprint density at radius 1 is 1.27 bits per heavy atom. The molecule has 0 aromatic heterocycles. The fraction of sp³-hybridized carbons (Fsp3) is 0.421. The van der Waals surface area contributed by atoms with Crippen LogP contribution in [0, 0.1) is 0 Å². The van der Waals surface area contributed by atoms with Crippen molar-refractivity contribution in [3.63, 3.8) is 0 Å². The number of carbonyl (C=O) groups excluding carboxylic acids is 1. The quantitative estimate of drug-likeness (QED) is 0.506. The molecule has 1 amide bonds. The summed E-state index contributed by atoms with van der Waals surface area (Å²) in [7, 11) is 2.53. The monoisotopic (exact) mass is 366 g/mol. The van der Waals surface area contributed by atoms with Crippen LogP contribution in [-0.2, 0) is 9.47 Å². The summed E-state index contributed by atoms with van der Waals surface area (Å²) >= 11 is 0. The summed E-state index contributed by atoms with van der Waals surface area (Å²) in [6, 6.07) is 5.36. The first-order chi connectivity index (χ1) is 12.1. The molecule has 1 aromatic carbocycles. The number of hydrogen-bond donors (Lipinski definition) is 3. The summed E-state index contributed by atoms with van der Waals surface area (Å²) in [6.45, 7) is 13.5. The third-order valence-corrected chi connectivity index (χ3v) is 2.93. The molecular weight excluding hydrogens is 336 g/mol. The Hall–Kier alpha value is -2.67. The maximum atomic E-state index is 11.6. The maximum absolute atomic E-state index is 11.6. The lowest BCUT2D eigenvalue weighted by molar-refractivity contribution is 0.0520. The number of methoxy groups -OCH3 is 1. The van der Waals surface area contributed by atoms with Gasteiger partial charge >= 0.3 is 6.09 Å². The number of rotatable bonds is 7. The van der Waals surface area contributed by atoms with Crippen molar-refractivity contribution in [2.45, 2.75) is 26.4 Å². The van der Waals surface area contributed by atoms with Crippen LogP contribution >= 0.6 is 0 Å². The Balaban J connectivity index is 0.00000301. The van der Waals surface area contributed by atoms with E-state index in [4.69, 9.17) is 25.1 Å². The number of alkyl carbamates (subject to hydrolysis) is 1. The number of ether oxygens (including phenoxy) is 3. The summed E-state index contributed by atoms with van der Waals surface area (Å²) in [5.41, 5.74) is 7.07. The lowest BCUT2D eigenvalue weighted by Gasteiger charge is -2.20. The van der Waals surface area contributed by atoms with Crippen LogP contribution in [0.15, 0.2) is 31.4 Å². The van der Waals surface area contributed by atoms with E-state index in [0.717, 1.165) is 12.7 Å². The van der Waals surface area contributed by atoms with Crippen molar-refractivity contribution in [2.24, 2.45) is 5.73 Å². The molecule has 0 saturated heterocycles. The SMILES string of the molecule is C=C(N)c1ccc(OCCNC(=O)OC(C)(C)C)c(C(=C)OC)c1.CO. The summed E-state index contributed by atoms with van der Waals surface area (Å²) in [4.78, 5) is 11.6. The normalized spacial score (nSPS) is 10.1. The van der Waals surface area contributed by atoms with Gasteiger partial charge in [0.1, 0.15) is 23.7 Å². The minimum Gasteiger partial charge on any atom is -0.497 e. The van der Waals surface area contributed by atoms with Crippen molar-refractivity contribution >= 4 is 17.5 Å². The molecule has 0 unspecified atom stereocenters. The largest absolute Gasteiger partial charge is 0.497 e. The van der Waals surface area contributed by atoms with Crippen LogP contribution in [0.3, 0.4) is 0 Å². The zero-order valence-electron chi connectivity index (χ0n) is 16.2. The Kier molecular flexibility index (Phi) is 9.91. The average molecular weight is 366 g/mol. The van der Waals surface area contributed by atoms with Crippen LogP contribution in [0.5, 0.6) is 5.75 Å². The van der Waals surface area contributed by atoms with Crippen molar-refractivity contribution in [2.75, 3.05) is 27.4 Å². The molecule has 1 rings (SSSR count). The molecule has 146 valence electrons. The van der Waals surface area contributed by atoms with Gasteiger partial charge in [-0.3, -0.25) is 0 Å². The fourth-order valence-corrected chi connectivity index (χ4v) is 1.81. The third kappa shape index (κ3) is 8.43. The van der Waals surface area contributed by atoms with Gasteiger partial charge in [-0.15, -0.1) is 0 Å². The van der Waals surface area contributed by atoms with Gasteiger partial charge in [-0.1, -0.05) is 13.2 Å². The number of benzene rings is 1. The maximum Gasteiger partial charge on any atom is 0.407 e. The number of carbonyl (C=O) groups is 1. The minimum absolute atomic E-state index is 0.270. The van der Waals surface area contributed by atoms with Gasteiger partial charge in [-0.2, -0.15) is 0 Å². The molecular formula is C19H30N2O5. The van der Waals surface area contributed by atoms with Gasteiger partial charge in [0.25, 0.3) is 0 Å². The smallest absolute Gasteiger partial charge is 0.407 e. The van der Waals surface area contributed by atoms with Crippen molar-refractivity contribution in [3.8, 4) is 5.75 Å². The third-order valence-electron chi connectivity index (χ3n) is 2.93. The summed E-state index contributed by atoms with van der Waals surface area (Å²) < 4.78 is 16.0. The first-order valence-electron chi connectivity index (χ1n) is 8.00. The predicted molar refractivity (Wildman–Crippen MR) is 104 cm³/mol. The number of nitrogens with two attached hydrogens (primary N) is 1. The van der Waals surface area contributed by atoms with Crippen LogP contribution in [0.2, 0.25) is 0 Å². The summed E-state index contributed by atoms with van der Waals surface area (Å²) in [6.07, 6.45) is -0.484. The highest BCUT2D eigenvalue weighted by Crippen LogP contribution is 2.28. The van der Waals surface area contributed by atoms with Crippen LogP contribution in [-0.4, -0.2) is 44.2 Å². The van der Waals surface area contributed by atoms with E-state index in [0.29, 0.717) is 29.3 Å². The van der Waals surface area contributed by atoms with E-state index in [1.807, 2.05) is 0 Å². The minimum atomic E-state index is -0.533. The molecule has 0 aliphatic carbocycles. The molecule has 0 fully saturated rings. The molecule has 0 aliphatic rings. The molecule has 7 heteroatoms. The van der Waals surface area contributed by atoms with E-state index in [-0.39, 0.29) is 6.61 Å². The molecule has 0 spiro atoms. The Morgan fingerprint density at radius 2 is 1.88 bits per heavy atom. The standard InChI is InChI=1S/C18H26N2O4.CH4O/c1-12(19)14-7-8-16(15(11-14)13(2)22-6)23-10-9-20-17(21)24-18(3,4)5;1-2/h7-8,11H,1-2,9-10,19H2,3-6H3,(H,20,21);2H,1H3. The predicted octanol–water partition coefficient (Wildman–Crippen LogP) is 2.75. The van der Waals surface area contributed by atoms with Gasteiger partial charge in [0.15, 0.2) is 0 Å². The van der Waals surface area contributed by atoms with Gasteiger partial charge in [-0.05, 0) is 44.5 Å². The second-order valence-corrected chi connectivity index (χ2v) is 6.14. The first kappa shape index (κ1) is 23.3. The van der Waals surface area contributed by atoms with E-state index in [1.165, 1.54) is 7.11 Å². The zero-order chi connectivity index (χ0) is 20.3. The Bertz CT molecular complexity index is 621. The average Bonchev–Trinajstić information content (AvgIpc) is 2.58. The molecule has 0 atom stereocenters. The Labute approximate surface area is 155 Å². The molecule has 0 saturated carbocycles. The van der Waals surface area contributed by atoms with E-state index < -0.39 is 11.7 Å². The lowest BCUT2D eigenvalue weighted by Crippen LogP contribution is -2.34. The highest BCUT2D eigenvalue weighted by Gasteiger charge is 2.15. The van der Waals surface area contributed by atoms with Crippen molar-refractivity contribution in [1.29, 1.82) is 0 Å². The molecule has 0 aliphatic heterocycles. The van der Waals surface area contributed by atoms with Gasteiger partial charge in [0, 0.05) is 12.8 Å². The van der Waals surface area contributed by atoms with E-state index in [9.17, 15) is 4.79 Å². The summed E-state index contributed by atoms with van der Waals surface area (Å²) in [5, 5.41) is 9.63. The van der Waals surface area contributed by atoms with Crippen LogP contribution in [0.1, 0.15) is 31.9 Å². The number of amides is 1. The van der Waals surface area contributed by atoms with E-state index in [2.05, 4.69) is 18.5 Å². The van der Waals surface area contributed by atoms with Crippen LogP contribution in [0.25, 0.3) is 11.5 Å². The van der Waals surface area contributed by atoms with Gasteiger partial charge in [-0.25, -0.2) is 4.79 Å². The lowest BCUT2D eigenvalue weighted by atomic mass is 10.1. The number of aliphatic hydroxyl groups excluding tert-OH is 1. The highest BCUT2D eigenvalue weighted by molar-refractivity contribution is 5.71. The van der Waals surface area contributed by atoms with Crippen molar-refractivity contribution in [1.82, 2.24) is 5.32 Å². The van der Waals surface area contributed by atoms with E-state index >= 15 is 0 Å². The number of hydrogen-bond acceptors (Lipinski definition) is 6. The van der Waals surface area contributed by atoms with Gasteiger partial charge in [0.2, 0.25) is 0 Å². The van der Waals surface area contributed by atoms with Crippen molar-refractivity contribution < 1.29 is 24.1 Å². The fourth-order valence-electron chi connectivity index (χ4n) is 1.81. The number of nitrogens with one attached hydrogen (secondary N) is 1. The van der Waals surface area contributed by atoms with Gasteiger partial charge < -0.3 is 30.4 Å². The molecule has 0 radical (unpaired) electrons. The molecule has 7 nitrogen and oxygen atoms in total. The van der Waals surface area contributed by atoms with Crippen LogP contribution in [0.4, 0.5) is 4.79 Å². The van der Waals surface area contributed by atoms with E-state index in [1.54, 1.807) is 39.0 Å². The molecule has 26 heavy (non-hydrogen) atoms. The zero-order valence-corrected chi connectivity index (χ0v) is 16.2.